The number of amidine groups is 1. The number of rotatable bonds is 7. The molecule has 0 spiro atoms. The van der Waals surface area contributed by atoms with Gasteiger partial charge in [-0.15, -0.1) is 0 Å². The second-order valence-electron chi connectivity index (χ2n) is 8.84. The number of aliphatic imine (C=N–C) groups is 1. The maximum atomic E-state index is 12.8. The second-order valence-corrected chi connectivity index (χ2v) is 12.4. The second kappa shape index (κ2) is 11.8. The molecule has 210 valence electrons. The molecule has 0 aliphatic carbocycles. The van der Waals surface area contributed by atoms with Gasteiger partial charge in [0, 0.05) is 5.02 Å². The Labute approximate surface area is 255 Å². The van der Waals surface area contributed by atoms with Gasteiger partial charge in [-0.05, 0) is 78.4 Å². The summed E-state index contributed by atoms with van der Waals surface area (Å²) in [4.78, 5) is 17.4. The standard InChI is InChI=1S/C28H19Cl4N3O5S/c29-17-12-23(31)28(24(32)13-17)35-27(37)14-26(34-35)33-25-11-16(1-10-22(25)30)15-40-19-4-8-21(9-5-19)41(38,39)20-6-2-18(36)3-7-20/h1-13,36H,14-15H2,(H,33,34). The van der Waals surface area contributed by atoms with E-state index in [1.165, 1.54) is 53.5 Å². The number of carbonyl (C=O) groups is 1. The fourth-order valence-corrected chi connectivity index (χ4v) is 6.38. The number of nitrogens with zero attached hydrogens (tertiary/aromatic N) is 2. The molecule has 0 bridgehead atoms. The molecule has 4 aromatic rings. The number of carbonyl (C=O) groups excluding carboxylic acids is 1. The third-order valence-electron chi connectivity index (χ3n) is 5.97. The minimum Gasteiger partial charge on any atom is -0.508 e. The number of ether oxygens (including phenoxy) is 1. The molecule has 8 nitrogen and oxygen atoms in total. The minimum absolute atomic E-state index is 0.0211. The maximum absolute atomic E-state index is 12.8. The highest BCUT2D eigenvalue weighted by Gasteiger charge is 2.30. The van der Waals surface area contributed by atoms with Crippen molar-refractivity contribution >= 4 is 79.4 Å². The van der Waals surface area contributed by atoms with Crippen LogP contribution in [0.3, 0.4) is 0 Å². The van der Waals surface area contributed by atoms with E-state index in [0.29, 0.717) is 27.3 Å². The van der Waals surface area contributed by atoms with Gasteiger partial charge in [0.2, 0.25) is 9.84 Å². The van der Waals surface area contributed by atoms with Gasteiger partial charge in [0.05, 0.1) is 37.0 Å². The van der Waals surface area contributed by atoms with E-state index in [4.69, 9.17) is 51.1 Å². The number of amides is 1. The van der Waals surface area contributed by atoms with Gasteiger partial charge in [0.1, 0.15) is 29.6 Å². The third-order valence-corrected chi connectivity index (χ3v) is 8.87. The van der Waals surface area contributed by atoms with Gasteiger partial charge in [0.25, 0.3) is 5.91 Å². The van der Waals surface area contributed by atoms with Crippen LogP contribution in [0.1, 0.15) is 12.0 Å². The van der Waals surface area contributed by atoms with Crippen molar-refractivity contribution in [1.82, 2.24) is 5.43 Å². The first-order chi connectivity index (χ1) is 19.5. The first-order valence-electron chi connectivity index (χ1n) is 11.9. The molecule has 1 aliphatic rings. The quantitative estimate of drug-likeness (QED) is 0.216. The van der Waals surface area contributed by atoms with Crippen LogP contribution in [0.2, 0.25) is 20.1 Å². The van der Waals surface area contributed by atoms with Crippen LogP contribution in [0.25, 0.3) is 0 Å². The molecular formula is C28H19Cl4N3O5S. The molecule has 0 unspecified atom stereocenters. The monoisotopic (exact) mass is 649 g/mol. The summed E-state index contributed by atoms with van der Waals surface area (Å²) >= 11 is 24.9. The molecule has 0 aromatic heterocycles. The zero-order chi connectivity index (χ0) is 29.3. The van der Waals surface area contributed by atoms with Gasteiger partial charge in [-0.1, -0.05) is 52.5 Å². The number of phenols is 1. The molecule has 5 rings (SSSR count). The third kappa shape index (κ3) is 6.39. The number of hydrogen-bond acceptors (Lipinski definition) is 6. The summed E-state index contributed by atoms with van der Waals surface area (Å²) in [6.45, 7) is 0.146. The first kappa shape index (κ1) is 29.0. The van der Waals surface area contributed by atoms with Crippen LogP contribution in [-0.2, 0) is 21.2 Å². The van der Waals surface area contributed by atoms with E-state index in [2.05, 4.69) is 10.4 Å². The number of halogens is 4. The summed E-state index contributed by atoms with van der Waals surface area (Å²) in [5, 5.41) is 11.7. The highest BCUT2D eigenvalue weighted by atomic mass is 35.5. The molecule has 1 amide bonds. The van der Waals surface area contributed by atoms with Crippen LogP contribution in [-0.4, -0.2) is 25.3 Å². The Morgan fingerprint density at radius 3 is 2.10 bits per heavy atom. The van der Waals surface area contributed by atoms with Crippen LogP contribution in [0.5, 0.6) is 11.5 Å². The first-order valence-corrected chi connectivity index (χ1v) is 14.9. The number of benzene rings is 4. The normalized spacial score (nSPS) is 14.4. The lowest BCUT2D eigenvalue weighted by atomic mass is 10.2. The van der Waals surface area contributed by atoms with Crippen molar-refractivity contribution in [3.05, 3.63) is 105 Å². The van der Waals surface area contributed by atoms with E-state index < -0.39 is 9.84 Å². The topological polar surface area (TPSA) is 108 Å². The summed E-state index contributed by atoms with van der Waals surface area (Å²) in [7, 11) is -3.74. The molecule has 2 N–H and O–H groups in total. The Kier molecular flexibility index (Phi) is 8.35. The van der Waals surface area contributed by atoms with Crippen molar-refractivity contribution < 1.29 is 23.1 Å². The van der Waals surface area contributed by atoms with Crippen molar-refractivity contribution in [2.75, 3.05) is 5.01 Å². The van der Waals surface area contributed by atoms with Crippen LogP contribution in [0.4, 0.5) is 11.4 Å². The summed E-state index contributed by atoms with van der Waals surface area (Å²) < 4.78 is 31.5. The highest BCUT2D eigenvalue weighted by Crippen LogP contribution is 2.37. The van der Waals surface area contributed by atoms with Crippen molar-refractivity contribution in [3.8, 4) is 11.5 Å². The molecule has 0 atom stereocenters. The van der Waals surface area contributed by atoms with Gasteiger partial charge >= 0.3 is 0 Å². The molecule has 1 fully saturated rings. The largest absolute Gasteiger partial charge is 0.508 e. The highest BCUT2D eigenvalue weighted by molar-refractivity contribution is 7.91. The lowest BCUT2D eigenvalue weighted by Gasteiger charge is -2.19. The fraction of sp³-hybridized carbons (Fsp3) is 0.0714. The smallest absolute Gasteiger partial charge is 0.253 e. The van der Waals surface area contributed by atoms with Crippen LogP contribution < -0.4 is 15.2 Å². The van der Waals surface area contributed by atoms with Gasteiger partial charge < -0.3 is 9.84 Å². The minimum atomic E-state index is -3.74. The Balaban J connectivity index is 1.28. The zero-order valence-electron chi connectivity index (χ0n) is 20.8. The van der Waals surface area contributed by atoms with Gasteiger partial charge in [-0.25, -0.2) is 18.4 Å². The predicted octanol–water partition coefficient (Wildman–Crippen LogP) is 7.39. The summed E-state index contributed by atoms with van der Waals surface area (Å²) in [6.07, 6.45) is -0.0360. The Hall–Kier alpha value is -3.47. The number of hydrazine groups is 1. The predicted molar refractivity (Wildman–Crippen MR) is 160 cm³/mol. The van der Waals surface area contributed by atoms with Crippen LogP contribution in [0, 0.1) is 0 Å². The molecule has 41 heavy (non-hydrogen) atoms. The average molecular weight is 651 g/mol. The molecule has 1 aliphatic heterocycles. The van der Waals surface area contributed by atoms with E-state index in [1.54, 1.807) is 30.3 Å². The van der Waals surface area contributed by atoms with E-state index in [0.717, 1.165) is 5.56 Å². The van der Waals surface area contributed by atoms with E-state index in [9.17, 15) is 18.3 Å². The lowest BCUT2D eigenvalue weighted by Crippen LogP contribution is -2.36. The van der Waals surface area contributed by atoms with Crippen molar-refractivity contribution in [2.24, 2.45) is 4.99 Å². The van der Waals surface area contributed by atoms with Crippen LogP contribution in [0.15, 0.2) is 93.6 Å². The zero-order valence-corrected chi connectivity index (χ0v) is 24.7. The van der Waals surface area contributed by atoms with Crippen molar-refractivity contribution in [1.29, 1.82) is 0 Å². The molecule has 1 heterocycles. The Bertz CT molecular complexity index is 1760. The number of sulfone groups is 1. The Morgan fingerprint density at radius 2 is 1.46 bits per heavy atom. The number of aromatic hydroxyl groups is 1. The number of nitrogens with one attached hydrogen (secondary N) is 1. The maximum Gasteiger partial charge on any atom is 0.253 e. The molecule has 4 aromatic carbocycles. The van der Waals surface area contributed by atoms with Crippen LogP contribution >= 0.6 is 46.4 Å². The molecule has 0 radical (unpaired) electrons. The summed E-state index contributed by atoms with van der Waals surface area (Å²) in [5.74, 6) is 0.448. The molecule has 1 saturated heterocycles. The van der Waals surface area contributed by atoms with Gasteiger partial charge in [-0.3, -0.25) is 10.2 Å². The van der Waals surface area contributed by atoms with E-state index in [-0.39, 0.29) is 50.2 Å². The molecule has 13 heteroatoms. The number of hydrogen-bond donors (Lipinski definition) is 2. The molecular weight excluding hydrogens is 632 g/mol. The number of phenolic OH excluding ortho intramolecular Hbond substituents is 1. The van der Waals surface area contributed by atoms with Gasteiger partial charge in [0.15, 0.2) is 0 Å². The number of anilines is 1. The van der Waals surface area contributed by atoms with Gasteiger partial charge in [-0.2, -0.15) is 0 Å². The van der Waals surface area contributed by atoms with Crippen molar-refractivity contribution in [3.63, 3.8) is 0 Å². The fourth-order valence-electron chi connectivity index (χ4n) is 3.97. The van der Waals surface area contributed by atoms with Crippen molar-refractivity contribution in [2.45, 2.75) is 22.8 Å². The summed E-state index contributed by atoms with van der Waals surface area (Å²) in [5.41, 5.74) is 4.33. The lowest BCUT2D eigenvalue weighted by molar-refractivity contribution is -0.116. The summed E-state index contributed by atoms with van der Waals surface area (Å²) in [6, 6.07) is 19.4. The Morgan fingerprint density at radius 1 is 0.854 bits per heavy atom. The molecule has 0 saturated carbocycles. The SMILES string of the molecule is O=C1CC(=Nc2cc(COc3ccc(S(=O)(=O)c4ccc(O)cc4)cc3)ccc2Cl)NN1c1c(Cl)cc(Cl)cc1Cl. The van der Waals surface area contributed by atoms with E-state index >= 15 is 0 Å². The average Bonchev–Trinajstić information content (AvgIpc) is 3.28. The van der Waals surface area contributed by atoms with E-state index in [1.807, 2.05) is 0 Å².